The van der Waals surface area contributed by atoms with Crippen LogP contribution >= 0.6 is 15.9 Å². The van der Waals surface area contributed by atoms with Gasteiger partial charge >= 0.3 is 0 Å². The number of benzene rings is 1. The number of hydrogen-bond donors (Lipinski definition) is 0. The van der Waals surface area contributed by atoms with E-state index in [0.29, 0.717) is 0 Å². The van der Waals surface area contributed by atoms with Gasteiger partial charge in [-0.15, -0.1) is 0 Å². The lowest BCUT2D eigenvalue weighted by molar-refractivity contribution is 0.651. The average molecular weight is 391 g/mol. The fourth-order valence-corrected chi connectivity index (χ4v) is 4.90. The monoisotopic (exact) mass is 390 g/mol. The molecule has 1 aromatic carbocycles. The third-order valence-electron chi connectivity index (χ3n) is 6.02. The Balaban J connectivity index is 1.86. The van der Waals surface area contributed by atoms with Crippen LogP contribution in [-0.4, -0.2) is 9.97 Å². The summed E-state index contributed by atoms with van der Waals surface area (Å²) in [6, 6.07) is 11.2. The highest BCUT2D eigenvalue weighted by molar-refractivity contribution is 9.10. The maximum atomic E-state index is 4.76. The van der Waals surface area contributed by atoms with Crippen LogP contribution in [0.25, 0.3) is 22.5 Å². The molecular weight excluding hydrogens is 372 g/mol. The molecule has 2 heterocycles. The van der Waals surface area contributed by atoms with E-state index < -0.39 is 0 Å². The highest BCUT2D eigenvalue weighted by Crippen LogP contribution is 2.55. The zero-order chi connectivity index (χ0) is 17.6. The minimum Gasteiger partial charge on any atom is -0.256 e. The molecule has 0 aliphatic heterocycles. The van der Waals surface area contributed by atoms with Gasteiger partial charge < -0.3 is 0 Å². The topological polar surface area (TPSA) is 25.8 Å². The lowest BCUT2D eigenvalue weighted by Crippen LogP contribution is -2.17. The standard InChI is InChI=1S/C22H19BrN2/c1-21(2)15-6-5-7-24-19(15)13-9-17-14(10-16(13)21)20-18(22(17,3)4)8-12(23)11-25-20/h5-11H,1-4H3. The number of pyridine rings is 2. The molecule has 5 rings (SSSR count). The van der Waals surface area contributed by atoms with Gasteiger partial charge in [0.15, 0.2) is 0 Å². The molecule has 0 unspecified atom stereocenters. The Kier molecular flexibility index (Phi) is 2.80. The molecule has 0 amide bonds. The van der Waals surface area contributed by atoms with E-state index in [1.54, 1.807) is 0 Å². The molecule has 2 aromatic heterocycles. The van der Waals surface area contributed by atoms with Crippen LogP contribution in [0.5, 0.6) is 0 Å². The zero-order valence-electron chi connectivity index (χ0n) is 14.8. The van der Waals surface area contributed by atoms with Gasteiger partial charge in [0.25, 0.3) is 0 Å². The van der Waals surface area contributed by atoms with Crippen LogP contribution in [0.1, 0.15) is 49.9 Å². The van der Waals surface area contributed by atoms with Crippen LogP contribution in [-0.2, 0) is 10.8 Å². The second-order valence-corrected chi connectivity index (χ2v) is 9.06. The lowest BCUT2D eigenvalue weighted by atomic mass is 9.79. The molecule has 0 saturated heterocycles. The van der Waals surface area contributed by atoms with Crippen molar-refractivity contribution in [1.82, 2.24) is 9.97 Å². The van der Waals surface area contributed by atoms with E-state index in [0.717, 1.165) is 15.9 Å². The largest absolute Gasteiger partial charge is 0.256 e. The summed E-state index contributed by atoms with van der Waals surface area (Å²) in [5.41, 5.74) is 10.0. The predicted octanol–water partition coefficient (Wildman–Crippen LogP) is 5.85. The number of nitrogens with zero attached hydrogens (tertiary/aromatic N) is 2. The van der Waals surface area contributed by atoms with Gasteiger partial charge in [0, 0.05) is 38.8 Å². The van der Waals surface area contributed by atoms with Gasteiger partial charge in [-0.1, -0.05) is 33.8 Å². The number of aromatic nitrogens is 2. The van der Waals surface area contributed by atoms with Gasteiger partial charge in [-0.2, -0.15) is 0 Å². The zero-order valence-corrected chi connectivity index (χ0v) is 16.4. The van der Waals surface area contributed by atoms with E-state index in [9.17, 15) is 0 Å². The molecule has 2 nitrogen and oxygen atoms in total. The molecule has 3 heteroatoms. The Labute approximate surface area is 156 Å². The summed E-state index contributed by atoms with van der Waals surface area (Å²) >= 11 is 3.58. The molecule has 2 aliphatic carbocycles. The van der Waals surface area contributed by atoms with Gasteiger partial charge in [0.2, 0.25) is 0 Å². The van der Waals surface area contributed by atoms with Crippen LogP contribution in [0.3, 0.4) is 0 Å². The summed E-state index contributed by atoms with van der Waals surface area (Å²) in [6.07, 6.45) is 3.80. The second kappa shape index (κ2) is 4.59. The third-order valence-corrected chi connectivity index (χ3v) is 6.46. The van der Waals surface area contributed by atoms with Crippen molar-refractivity contribution in [3.8, 4) is 22.5 Å². The Bertz CT molecular complexity index is 1060. The first-order valence-corrected chi connectivity index (χ1v) is 9.42. The van der Waals surface area contributed by atoms with Gasteiger partial charge in [0.05, 0.1) is 11.4 Å². The van der Waals surface area contributed by atoms with Gasteiger partial charge in [-0.25, -0.2) is 0 Å². The molecular formula is C22H19BrN2. The van der Waals surface area contributed by atoms with Crippen molar-refractivity contribution < 1.29 is 0 Å². The summed E-state index contributed by atoms with van der Waals surface area (Å²) < 4.78 is 1.03. The van der Waals surface area contributed by atoms with Crippen molar-refractivity contribution in [2.75, 3.05) is 0 Å². The van der Waals surface area contributed by atoms with Crippen molar-refractivity contribution in [1.29, 1.82) is 0 Å². The average Bonchev–Trinajstić information content (AvgIpc) is 2.94. The molecule has 0 spiro atoms. The quantitative estimate of drug-likeness (QED) is 0.480. The molecule has 0 radical (unpaired) electrons. The summed E-state index contributed by atoms with van der Waals surface area (Å²) in [6.45, 7) is 9.17. The normalized spacial score (nSPS) is 17.6. The predicted molar refractivity (Wildman–Crippen MR) is 105 cm³/mol. The molecule has 0 fully saturated rings. The van der Waals surface area contributed by atoms with Crippen molar-refractivity contribution >= 4 is 15.9 Å². The highest BCUT2D eigenvalue weighted by Gasteiger charge is 2.42. The number of halogens is 1. The van der Waals surface area contributed by atoms with Gasteiger partial charge in [-0.05, 0) is 62.4 Å². The molecule has 0 N–H and O–H groups in total. The maximum Gasteiger partial charge on any atom is 0.0746 e. The summed E-state index contributed by atoms with van der Waals surface area (Å²) in [7, 11) is 0. The number of hydrogen-bond acceptors (Lipinski definition) is 2. The van der Waals surface area contributed by atoms with Crippen molar-refractivity contribution in [2.24, 2.45) is 0 Å². The Morgan fingerprint density at radius 1 is 0.760 bits per heavy atom. The first-order chi connectivity index (χ1) is 11.8. The van der Waals surface area contributed by atoms with Crippen LogP contribution < -0.4 is 0 Å². The van der Waals surface area contributed by atoms with Gasteiger partial charge in [-0.3, -0.25) is 9.97 Å². The molecule has 124 valence electrons. The van der Waals surface area contributed by atoms with Crippen LogP contribution in [0.15, 0.2) is 47.2 Å². The minimum atomic E-state index is -0.0574. The molecule has 3 aromatic rings. The molecule has 0 bridgehead atoms. The van der Waals surface area contributed by atoms with Crippen molar-refractivity contribution in [2.45, 2.75) is 38.5 Å². The minimum absolute atomic E-state index is 0.0315. The first kappa shape index (κ1) is 15.3. The Morgan fingerprint density at radius 2 is 1.36 bits per heavy atom. The molecule has 0 saturated carbocycles. The first-order valence-electron chi connectivity index (χ1n) is 8.63. The van der Waals surface area contributed by atoms with E-state index in [1.165, 1.54) is 33.4 Å². The lowest BCUT2D eigenvalue weighted by Gasteiger charge is -2.23. The van der Waals surface area contributed by atoms with E-state index in [2.05, 4.69) is 67.9 Å². The fraction of sp³-hybridized carbons (Fsp3) is 0.273. The summed E-state index contributed by atoms with van der Waals surface area (Å²) in [5.74, 6) is 0. The highest BCUT2D eigenvalue weighted by atomic mass is 79.9. The van der Waals surface area contributed by atoms with Crippen molar-refractivity contribution in [3.63, 3.8) is 0 Å². The van der Waals surface area contributed by atoms with Crippen LogP contribution in [0.4, 0.5) is 0 Å². The number of fused-ring (bicyclic) bond motifs is 6. The third kappa shape index (κ3) is 1.80. The summed E-state index contributed by atoms with van der Waals surface area (Å²) in [4.78, 5) is 9.47. The second-order valence-electron chi connectivity index (χ2n) is 8.14. The van der Waals surface area contributed by atoms with Gasteiger partial charge in [0.1, 0.15) is 0 Å². The number of rotatable bonds is 0. The maximum absolute atomic E-state index is 4.76. The smallest absolute Gasteiger partial charge is 0.0746 e. The van der Waals surface area contributed by atoms with Crippen LogP contribution in [0, 0.1) is 0 Å². The van der Waals surface area contributed by atoms with Crippen LogP contribution in [0.2, 0.25) is 0 Å². The SMILES string of the molecule is CC1(C)c2cc3c(cc2-c2ncccc21)C(C)(C)c1cc(Br)cnc1-3. The van der Waals surface area contributed by atoms with E-state index >= 15 is 0 Å². The molecule has 0 atom stereocenters. The Hall–Kier alpha value is -2.00. The Morgan fingerprint density at radius 3 is 2.04 bits per heavy atom. The summed E-state index contributed by atoms with van der Waals surface area (Å²) in [5, 5.41) is 0. The molecule has 25 heavy (non-hydrogen) atoms. The van der Waals surface area contributed by atoms with E-state index in [-0.39, 0.29) is 10.8 Å². The van der Waals surface area contributed by atoms with E-state index in [4.69, 9.17) is 9.97 Å². The molecule has 2 aliphatic rings. The fourth-order valence-electron chi connectivity index (χ4n) is 4.57. The van der Waals surface area contributed by atoms with Crippen molar-refractivity contribution in [3.05, 3.63) is 69.5 Å². The van der Waals surface area contributed by atoms with E-state index in [1.807, 2.05) is 18.5 Å².